The van der Waals surface area contributed by atoms with E-state index in [-0.39, 0.29) is 0 Å². The van der Waals surface area contributed by atoms with Crippen LogP contribution in [-0.4, -0.2) is 6.29 Å². The molecule has 25 heavy (non-hydrogen) atoms. The van der Waals surface area contributed by atoms with Crippen LogP contribution >= 0.6 is 0 Å². The summed E-state index contributed by atoms with van der Waals surface area (Å²) >= 11 is 0. The first-order valence-corrected chi connectivity index (χ1v) is 11.2. The lowest BCUT2D eigenvalue weighted by molar-refractivity contribution is -0.104. The summed E-state index contributed by atoms with van der Waals surface area (Å²) in [4.78, 5) is 10.1. The van der Waals surface area contributed by atoms with Crippen molar-refractivity contribution in [1.82, 2.24) is 0 Å². The molecule has 0 bridgehead atoms. The summed E-state index contributed by atoms with van der Waals surface area (Å²) in [6, 6.07) is 0. The topological polar surface area (TPSA) is 17.1 Å². The highest BCUT2D eigenvalue weighted by atomic mass is 16.1. The van der Waals surface area contributed by atoms with Gasteiger partial charge in [-0.1, -0.05) is 128 Å². The molecule has 0 unspecified atom stereocenters. The van der Waals surface area contributed by atoms with E-state index in [4.69, 9.17) is 0 Å². The average Bonchev–Trinajstić information content (AvgIpc) is 2.63. The van der Waals surface area contributed by atoms with E-state index in [1.165, 1.54) is 115 Å². The van der Waals surface area contributed by atoms with Crippen LogP contribution in [0.4, 0.5) is 0 Å². The molecule has 0 aromatic rings. The quantitative estimate of drug-likeness (QED) is 0.0935. The fourth-order valence-electron chi connectivity index (χ4n) is 3.27. The highest BCUT2D eigenvalue weighted by Crippen LogP contribution is 2.14. The number of hydrogen-bond acceptors (Lipinski definition) is 1. The first-order valence-electron chi connectivity index (χ1n) is 11.2. The molecule has 0 aromatic heterocycles. The van der Waals surface area contributed by atoms with Gasteiger partial charge in [-0.2, -0.15) is 0 Å². The van der Waals surface area contributed by atoms with Crippen molar-refractivity contribution in [2.24, 2.45) is 0 Å². The summed E-state index contributed by atoms with van der Waals surface area (Å²) < 4.78 is 0. The Hall–Kier alpha value is -0.850. The Morgan fingerprint density at radius 3 is 1.28 bits per heavy atom. The molecule has 0 aromatic carbocycles. The molecule has 0 N–H and O–H groups in total. The zero-order chi connectivity index (χ0) is 18.3. The van der Waals surface area contributed by atoms with E-state index in [1.54, 1.807) is 6.08 Å². The smallest absolute Gasteiger partial charge is 0.142 e. The minimum Gasteiger partial charge on any atom is -0.299 e. The first-order chi connectivity index (χ1) is 12.4. The summed E-state index contributed by atoms with van der Waals surface area (Å²) in [5.41, 5.74) is 0. The number of allylic oxidation sites excluding steroid dienone is 4. The van der Waals surface area contributed by atoms with Gasteiger partial charge in [-0.25, -0.2) is 0 Å². The highest BCUT2D eigenvalue weighted by molar-refractivity contribution is 5.65. The van der Waals surface area contributed by atoms with E-state index in [2.05, 4.69) is 13.0 Å². The van der Waals surface area contributed by atoms with Crippen molar-refractivity contribution in [3.63, 3.8) is 0 Å². The zero-order valence-corrected chi connectivity index (χ0v) is 17.0. The number of aldehydes is 1. The van der Waals surface area contributed by atoms with Crippen molar-refractivity contribution in [1.29, 1.82) is 0 Å². The second kappa shape index (κ2) is 23.1. The van der Waals surface area contributed by atoms with E-state index in [0.29, 0.717) is 0 Å². The Bertz CT molecular complexity index is 303. The summed E-state index contributed by atoms with van der Waals surface area (Å²) in [7, 11) is 0. The van der Waals surface area contributed by atoms with Crippen LogP contribution in [0.3, 0.4) is 0 Å². The van der Waals surface area contributed by atoms with E-state index in [9.17, 15) is 4.79 Å². The Morgan fingerprint density at radius 1 is 0.480 bits per heavy atom. The molecule has 0 amide bonds. The van der Waals surface area contributed by atoms with Crippen LogP contribution in [0.25, 0.3) is 0 Å². The Morgan fingerprint density at radius 2 is 0.880 bits per heavy atom. The van der Waals surface area contributed by atoms with Gasteiger partial charge in [0.2, 0.25) is 0 Å². The van der Waals surface area contributed by atoms with Gasteiger partial charge in [0.15, 0.2) is 0 Å². The molecule has 0 saturated carbocycles. The van der Waals surface area contributed by atoms with E-state index >= 15 is 0 Å². The van der Waals surface area contributed by atoms with Crippen molar-refractivity contribution >= 4 is 6.29 Å². The van der Waals surface area contributed by atoms with Gasteiger partial charge in [0.25, 0.3) is 0 Å². The second-order valence-electron chi connectivity index (χ2n) is 7.39. The monoisotopic (exact) mass is 348 g/mol. The molecule has 0 aliphatic heterocycles. The molecule has 0 heterocycles. The number of carbonyl (C=O) groups excluding carboxylic acids is 1. The molecule has 146 valence electrons. The Labute approximate surface area is 158 Å². The maximum absolute atomic E-state index is 10.1. The third-order valence-electron chi connectivity index (χ3n) is 4.91. The molecule has 0 rings (SSSR count). The predicted octanol–water partition coefficient (Wildman–Crippen LogP) is 8.34. The zero-order valence-electron chi connectivity index (χ0n) is 17.0. The molecule has 0 aliphatic carbocycles. The summed E-state index contributed by atoms with van der Waals surface area (Å²) in [6.45, 7) is 2.29. The van der Waals surface area contributed by atoms with Crippen LogP contribution in [0, 0.1) is 0 Å². The van der Waals surface area contributed by atoms with Gasteiger partial charge in [0.1, 0.15) is 6.29 Å². The van der Waals surface area contributed by atoms with E-state index in [1.807, 2.05) is 6.08 Å². The maximum atomic E-state index is 10.1. The molecular weight excluding hydrogens is 304 g/mol. The van der Waals surface area contributed by atoms with Crippen LogP contribution in [-0.2, 0) is 4.79 Å². The van der Waals surface area contributed by atoms with E-state index in [0.717, 1.165) is 12.7 Å². The molecule has 0 fully saturated rings. The van der Waals surface area contributed by atoms with Crippen molar-refractivity contribution in [3.05, 3.63) is 24.3 Å². The van der Waals surface area contributed by atoms with Gasteiger partial charge in [0, 0.05) is 0 Å². The van der Waals surface area contributed by atoms with Gasteiger partial charge < -0.3 is 0 Å². The molecular formula is C24H44O. The second-order valence-corrected chi connectivity index (χ2v) is 7.39. The maximum Gasteiger partial charge on any atom is 0.142 e. The fourth-order valence-corrected chi connectivity index (χ4v) is 3.27. The molecule has 0 saturated heterocycles. The Kier molecular flexibility index (Phi) is 22.4. The first kappa shape index (κ1) is 24.1. The van der Waals surface area contributed by atoms with Crippen molar-refractivity contribution < 1.29 is 4.79 Å². The predicted molar refractivity (Wildman–Crippen MR) is 113 cm³/mol. The molecule has 0 aliphatic rings. The average molecular weight is 349 g/mol. The standard InChI is InChI=1S/C24H44O/c1-2-3-4-5-6-7-8-9-10-11-12-13-14-15-16-17-18-19-20-21-22-23-24-25/h20-24H,2-19H2,1H3/b21-20+,23-22+. The fraction of sp³-hybridized carbons (Fsp3) is 0.792. The summed E-state index contributed by atoms with van der Waals surface area (Å²) in [6.07, 6.45) is 33.6. The largest absolute Gasteiger partial charge is 0.299 e. The van der Waals surface area contributed by atoms with Gasteiger partial charge in [-0.05, 0) is 18.9 Å². The van der Waals surface area contributed by atoms with Crippen LogP contribution < -0.4 is 0 Å². The van der Waals surface area contributed by atoms with Crippen LogP contribution in [0.2, 0.25) is 0 Å². The highest BCUT2D eigenvalue weighted by Gasteiger charge is 1.94. The van der Waals surface area contributed by atoms with Gasteiger partial charge in [-0.3, -0.25) is 4.79 Å². The van der Waals surface area contributed by atoms with Crippen molar-refractivity contribution in [2.75, 3.05) is 0 Å². The SMILES string of the molecule is CCCCCCCCCCCCCCCCCCC/C=C/C=C/C=O. The Balaban J connectivity index is 3.04. The third kappa shape index (κ3) is 23.1. The molecule has 1 nitrogen and oxygen atoms in total. The number of carbonyl (C=O) groups is 1. The van der Waals surface area contributed by atoms with Gasteiger partial charge >= 0.3 is 0 Å². The number of hydrogen-bond donors (Lipinski definition) is 0. The minimum atomic E-state index is 0.819. The van der Waals surface area contributed by atoms with Crippen LogP contribution in [0.15, 0.2) is 24.3 Å². The lowest BCUT2D eigenvalue weighted by atomic mass is 10.0. The molecule has 0 radical (unpaired) electrons. The van der Waals surface area contributed by atoms with Crippen LogP contribution in [0.5, 0.6) is 0 Å². The molecule has 0 atom stereocenters. The van der Waals surface area contributed by atoms with Gasteiger partial charge in [0.05, 0.1) is 0 Å². The summed E-state index contributed by atoms with van der Waals surface area (Å²) in [5.74, 6) is 0. The third-order valence-corrected chi connectivity index (χ3v) is 4.91. The minimum absolute atomic E-state index is 0.819. The normalized spacial score (nSPS) is 11.7. The van der Waals surface area contributed by atoms with Crippen molar-refractivity contribution in [2.45, 2.75) is 122 Å². The number of unbranched alkanes of at least 4 members (excludes halogenated alkanes) is 17. The van der Waals surface area contributed by atoms with E-state index < -0.39 is 0 Å². The van der Waals surface area contributed by atoms with Gasteiger partial charge in [-0.15, -0.1) is 0 Å². The lowest BCUT2D eigenvalue weighted by Crippen LogP contribution is -1.83. The number of rotatable bonds is 20. The molecule has 0 spiro atoms. The van der Waals surface area contributed by atoms with Crippen LogP contribution in [0.1, 0.15) is 122 Å². The lowest BCUT2D eigenvalue weighted by Gasteiger charge is -2.03. The molecule has 1 heteroatoms. The summed E-state index contributed by atoms with van der Waals surface area (Å²) in [5, 5.41) is 0. The van der Waals surface area contributed by atoms with Crippen molar-refractivity contribution in [3.8, 4) is 0 Å².